The van der Waals surface area contributed by atoms with Crippen LogP contribution in [-0.4, -0.2) is 46.9 Å². The van der Waals surface area contributed by atoms with Crippen LogP contribution in [0.4, 0.5) is 4.11 Å². The van der Waals surface area contributed by atoms with E-state index < -0.39 is 9.26 Å². The Morgan fingerprint density at radius 1 is 0.909 bits per heavy atom. The molecule has 8 nitrogen and oxygen atoms in total. The van der Waals surface area contributed by atoms with Crippen molar-refractivity contribution in [3.8, 4) is 0 Å². The Bertz CT molecular complexity index is 37.1. The SMILES string of the molecule is O.O.O.O.O.O.O=[Si](O)F.[Fe]. The summed E-state index contributed by atoms with van der Waals surface area (Å²) < 4.78 is 18.6. The average Bonchev–Trinajstić information content (AvgIpc) is 0.811. The normalized spacial score (nSPS) is 2.27. The minimum atomic E-state index is -3.63. The summed E-state index contributed by atoms with van der Waals surface area (Å²) in [5.74, 6) is 0. The molecule has 0 amide bonds. The molecule has 80 valence electrons. The first kappa shape index (κ1) is 121. The van der Waals surface area contributed by atoms with E-state index in [1.165, 1.54) is 0 Å². The van der Waals surface area contributed by atoms with Crippen molar-refractivity contribution in [2.75, 3.05) is 0 Å². The first-order valence-corrected chi connectivity index (χ1v) is 1.85. The molecule has 0 atom stereocenters. The molecule has 0 aliphatic heterocycles. The van der Waals surface area contributed by atoms with Crippen molar-refractivity contribution in [3.05, 3.63) is 0 Å². The van der Waals surface area contributed by atoms with E-state index in [2.05, 4.69) is 0 Å². The largest absolute Gasteiger partial charge is 0.734 e. The van der Waals surface area contributed by atoms with Gasteiger partial charge in [0.1, 0.15) is 0 Å². The van der Waals surface area contributed by atoms with Gasteiger partial charge in [0.05, 0.1) is 0 Å². The van der Waals surface area contributed by atoms with Gasteiger partial charge in [-0.15, -0.1) is 0 Å². The molecular weight excluding hydrogens is 231 g/mol. The van der Waals surface area contributed by atoms with Gasteiger partial charge in [-0.3, -0.25) is 4.46 Å². The van der Waals surface area contributed by atoms with E-state index in [-0.39, 0.29) is 49.9 Å². The summed E-state index contributed by atoms with van der Waals surface area (Å²) in [6.45, 7) is 0. The third kappa shape index (κ3) is 929000. The van der Waals surface area contributed by atoms with Crippen molar-refractivity contribution in [2.24, 2.45) is 0 Å². The van der Waals surface area contributed by atoms with Crippen molar-refractivity contribution in [3.63, 3.8) is 0 Å². The fourth-order valence-corrected chi connectivity index (χ4v) is 0. The summed E-state index contributed by atoms with van der Waals surface area (Å²) in [6.07, 6.45) is 0. The zero-order valence-electron chi connectivity index (χ0n) is 5.09. The summed E-state index contributed by atoms with van der Waals surface area (Å²) in [7, 11) is -3.63. The fraction of sp³-hybridized carbons (Fsp3) is 0. The Morgan fingerprint density at radius 2 is 0.909 bits per heavy atom. The molecule has 13 N–H and O–H groups in total. The maximum absolute atomic E-state index is 10.1. The molecule has 0 spiro atoms. The summed E-state index contributed by atoms with van der Waals surface area (Å²) in [5, 5.41) is 0. The molecule has 0 aliphatic carbocycles. The second kappa shape index (κ2) is 89.2. The van der Waals surface area contributed by atoms with E-state index in [4.69, 9.17) is 9.26 Å². The van der Waals surface area contributed by atoms with Gasteiger partial charge >= 0.3 is 9.26 Å². The summed E-state index contributed by atoms with van der Waals surface area (Å²) >= 11 is 0. The fourth-order valence-electron chi connectivity index (χ4n) is 0. The van der Waals surface area contributed by atoms with Gasteiger partial charge in [0.2, 0.25) is 0 Å². The van der Waals surface area contributed by atoms with Crippen LogP contribution in [0.5, 0.6) is 0 Å². The van der Waals surface area contributed by atoms with Crippen molar-refractivity contribution in [2.45, 2.75) is 0 Å². The van der Waals surface area contributed by atoms with E-state index >= 15 is 0 Å². The van der Waals surface area contributed by atoms with Crippen LogP contribution in [0.2, 0.25) is 0 Å². The van der Waals surface area contributed by atoms with Crippen LogP contribution >= 0.6 is 0 Å². The Morgan fingerprint density at radius 3 is 0.909 bits per heavy atom. The number of hydrogen-bond acceptors (Lipinski definition) is 1. The van der Waals surface area contributed by atoms with Gasteiger partial charge in [-0.25, -0.2) is 0 Å². The van der Waals surface area contributed by atoms with Crippen molar-refractivity contribution in [1.29, 1.82) is 0 Å². The molecule has 0 heterocycles. The first-order chi connectivity index (χ1) is 1.73. The molecule has 0 saturated heterocycles. The number of hydrogen-bond donors (Lipinski definition) is 1. The van der Waals surface area contributed by atoms with Gasteiger partial charge in [-0.05, 0) is 0 Å². The molecule has 0 bridgehead atoms. The molecule has 0 saturated carbocycles. The Balaban J connectivity index is -0.00000000214. The number of rotatable bonds is 0. The van der Waals surface area contributed by atoms with Crippen LogP contribution in [-0.2, 0) is 21.5 Å². The summed E-state index contributed by atoms with van der Waals surface area (Å²) in [6, 6.07) is 0. The van der Waals surface area contributed by atoms with Gasteiger partial charge in [0.25, 0.3) is 0 Å². The van der Waals surface area contributed by atoms with Gasteiger partial charge in [-0.2, -0.15) is 4.11 Å². The summed E-state index contributed by atoms with van der Waals surface area (Å²) in [4.78, 5) is 6.94. The van der Waals surface area contributed by atoms with Crippen LogP contribution in [0.1, 0.15) is 0 Å². The van der Waals surface area contributed by atoms with E-state index in [0.29, 0.717) is 0 Å². The van der Waals surface area contributed by atoms with Crippen molar-refractivity contribution in [1.82, 2.24) is 0 Å². The zero-order chi connectivity index (χ0) is 3.58. The molecule has 0 aromatic rings. The average molecular weight is 244 g/mol. The monoisotopic (exact) mass is 244 g/mol. The Hall–Kier alpha value is 0.0264. The van der Waals surface area contributed by atoms with Crippen molar-refractivity contribution < 1.29 is 63.3 Å². The smallest absolute Gasteiger partial charge is 0.517 e. The minimum absolute atomic E-state index is 0. The van der Waals surface area contributed by atoms with Gasteiger partial charge in [0.15, 0.2) is 0 Å². The van der Waals surface area contributed by atoms with Crippen LogP contribution in [0.3, 0.4) is 0 Å². The van der Waals surface area contributed by atoms with Crippen molar-refractivity contribution >= 4 is 9.26 Å². The molecule has 0 radical (unpaired) electrons. The standard InChI is InChI=1S/FHO2Si.Fe.6H2O/c1-4(2)3;;;;;;;/h2H;;6*1H2. The van der Waals surface area contributed by atoms with Gasteiger partial charge in [0, 0.05) is 17.1 Å². The molecule has 0 fully saturated rings. The van der Waals surface area contributed by atoms with Crippen LogP contribution in [0.15, 0.2) is 0 Å². The minimum Gasteiger partial charge on any atom is -0.517 e. The quantitative estimate of drug-likeness (QED) is 0.324. The van der Waals surface area contributed by atoms with E-state index in [0.717, 1.165) is 0 Å². The number of halogens is 1. The molecule has 11 heavy (non-hydrogen) atoms. The van der Waals surface area contributed by atoms with Crippen LogP contribution < -0.4 is 0 Å². The third-order valence-corrected chi connectivity index (χ3v) is 0. The maximum Gasteiger partial charge on any atom is 0.734 e. The van der Waals surface area contributed by atoms with E-state index in [1.54, 1.807) is 0 Å². The molecule has 0 rings (SSSR count). The Labute approximate surface area is 73.3 Å². The first-order valence-electron chi connectivity index (χ1n) is 0.617. The van der Waals surface area contributed by atoms with Gasteiger partial charge in [-0.1, -0.05) is 0 Å². The Kier molecular flexibility index (Phi) is 981. The molecule has 0 aromatic carbocycles. The van der Waals surface area contributed by atoms with E-state index in [1.807, 2.05) is 0 Å². The molecule has 11 heteroatoms. The molecule has 0 aromatic heterocycles. The second-order valence-corrected chi connectivity index (χ2v) is 0.759. The van der Waals surface area contributed by atoms with Crippen LogP contribution in [0.25, 0.3) is 0 Å². The van der Waals surface area contributed by atoms with Crippen LogP contribution in [0, 0.1) is 0 Å². The van der Waals surface area contributed by atoms with E-state index in [9.17, 15) is 4.11 Å². The zero-order valence-corrected chi connectivity index (χ0v) is 7.19. The molecule has 0 unspecified atom stereocenters. The topological polar surface area (TPSA) is 226 Å². The maximum atomic E-state index is 10.1. The second-order valence-electron chi connectivity index (χ2n) is 0.253. The molecular formula is H13FFeO8Si. The summed E-state index contributed by atoms with van der Waals surface area (Å²) in [5.41, 5.74) is 0. The van der Waals surface area contributed by atoms with Gasteiger partial charge < -0.3 is 37.7 Å². The predicted octanol–water partition coefficient (Wildman–Crippen LogP) is -5.59. The third-order valence-electron chi connectivity index (χ3n) is 0. The molecule has 0 aliphatic rings. The predicted molar refractivity (Wildman–Crippen MR) is 31.5 cm³/mol.